The molecule has 3 rings (SSSR count). The molecule has 1 aliphatic rings. The predicted molar refractivity (Wildman–Crippen MR) is 88.6 cm³/mol. The smallest absolute Gasteiger partial charge is 0.311 e. The predicted octanol–water partition coefficient (Wildman–Crippen LogP) is 2.56. The number of carboxylic acids is 1. The Bertz CT molecular complexity index is 731. The molecule has 0 saturated heterocycles. The lowest BCUT2D eigenvalue weighted by molar-refractivity contribution is -0.140. The molecule has 5 heteroatoms. The molecule has 5 nitrogen and oxygen atoms in total. The fraction of sp³-hybridized carbons (Fsp3) is 0.333. The van der Waals surface area contributed by atoms with Gasteiger partial charge in [0.2, 0.25) is 0 Å². The van der Waals surface area contributed by atoms with Crippen molar-refractivity contribution in [1.82, 2.24) is 14.7 Å². The molecule has 23 heavy (non-hydrogen) atoms. The molecule has 1 unspecified atom stereocenters. The number of nitrogens with zero attached hydrogens (tertiary/aromatic N) is 3. The Morgan fingerprint density at radius 3 is 2.74 bits per heavy atom. The van der Waals surface area contributed by atoms with Crippen LogP contribution in [-0.4, -0.2) is 38.8 Å². The number of aliphatic carboxylic acids is 1. The van der Waals surface area contributed by atoms with Gasteiger partial charge in [-0.25, -0.2) is 4.68 Å². The van der Waals surface area contributed by atoms with Crippen molar-refractivity contribution in [3.8, 4) is 5.69 Å². The molecule has 1 atom stereocenters. The molecule has 0 radical (unpaired) electrons. The van der Waals surface area contributed by atoms with Crippen molar-refractivity contribution in [2.24, 2.45) is 5.92 Å². The van der Waals surface area contributed by atoms with Gasteiger partial charge in [0.1, 0.15) is 0 Å². The van der Waals surface area contributed by atoms with E-state index in [-0.39, 0.29) is 0 Å². The number of aromatic nitrogens is 2. The molecule has 2 heterocycles. The fourth-order valence-electron chi connectivity index (χ4n) is 2.80. The van der Waals surface area contributed by atoms with Gasteiger partial charge >= 0.3 is 5.97 Å². The summed E-state index contributed by atoms with van der Waals surface area (Å²) in [6.45, 7) is 6.09. The van der Waals surface area contributed by atoms with E-state index >= 15 is 0 Å². The quantitative estimate of drug-likeness (QED) is 0.882. The zero-order valence-electron chi connectivity index (χ0n) is 13.4. The summed E-state index contributed by atoms with van der Waals surface area (Å²) in [7, 11) is 0. The number of hydrogen-bond acceptors (Lipinski definition) is 3. The number of hydrogen-bond donors (Lipinski definition) is 1. The number of aryl methyl sites for hydroxylation is 2. The maximum atomic E-state index is 11.1. The number of carbonyl (C=O) groups is 1. The van der Waals surface area contributed by atoms with Gasteiger partial charge in [-0.05, 0) is 26.0 Å². The lowest BCUT2D eigenvalue weighted by Crippen LogP contribution is -2.35. The molecule has 0 saturated carbocycles. The highest BCUT2D eigenvalue weighted by Crippen LogP contribution is 2.17. The molecule has 0 spiro atoms. The summed E-state index contributed by atoms with van der Waals surface area (Å²) in [5, 5.41) is 13.7. The van der Waals surface area contributed by atoms with E-state index in [1.807, 2.05) is 23.9 Å². The number of carboxylic acid groups (broad SMARTS) is 1. The Labute approximate surface area is 135 Å². The third kappa shape index (κ3) is 3.51. The molecule has 1 aromatic heterocycles. The largest absolute Gasteiger partial charge is 0.481 e. The van der Waals surface area contributed by atoms with Gasteiger partial charge in [0.15, 0.2) is 0 Å². The zero-order chi connectivity index (χ0) is 16.4. The Balaban J connectivity index is 1.75. The SMILES string of the molecule is Cc1ccc(-n2cc(CN3CC=CC(C(=O)O)C3)c(C)n2)cc1. The van der Waals surface area contributed by atoms with E-state index < -0.39 is 11.9 Å². The molecule has 2 aromatic rings. The first kappa shape index (κ1) is 15.5. The first-order valence-electron chi connectivity index (χ1n) is 7.77. The second kappa shape index (κ2) is 6.38. The molecular weight excluding hydrogens is 290 g/mol. The molecule has 120 valence electrons. The molecule has 0 fully saturated rings. The standard InChI is InChI=1S/C18H21N3O2/c1-13-5-7-17(8-6-13)21-12-16(14(2)19-21)11-20-9-3-4-15(10-20)18(22)23/h3-8,12,15H,9-11H2,1-2H3,(H,22,23). The molecule has 1 aliphatic heterocycles. The molecule has 1 aromatic carbocycles. The van der Waals surface area contributed by atoms with Gasteiger partial charge in [-0.3, -0.25) is 9.69 Å². The van der Waals surface area contributed by atoms with E-state index in [4.69, 9.17) is 5.11 Å². The van der Waals surface area contributed by atoms with Gasteiger partial charge < -0.3 is 5.11 Å². The van der Waals surface area contributed by atoms with E-state index in [9.17, 15) is 4.79 Å². The summed E-state index contributed by atoms with van der Waals surface area (Å²) in [5.74, 6) is -1.19. The molecule has 0 aliphatic carbocycles. The van der Waals surface area contributed by atoms with E-state index in [1.165, 1.54) is 5.56 Å². The van der Waals surface area contributed by atoms with Crippen LogP contribution in [0.1, 0.15) is 16.8 Å². The van der Waals surface area contributed by atoms with Crippen LogP contribution >= 0.6 is 0 Å². The zero-order valence-corrected chi connectivity index (χ0v) is 13.4. The fourth-order valence-corrected chi connectivity index (χ4v) is 2.80. The van der Waals surface area contributed by atoms with E-state index in [0.29, 0.717) is 13.1 Å². The number of rotatable bonds is 4. The molecular formula is C18H21N3O2. The Hall–Kier alpha value is -2.40. The first-order chi connectivity index (χ1) is 11.0. The van der Waals surface area contributed by atoms with E-state index in [1.54, 1.807) is 6.08 Å². The monoisotopic (exact) mass is 311 g/mol. The normalized spacial score (nSPS) is 18.3. The maximum Gasteiger partial charge on any atom is 0.311 e. The second-order valence-electron chi connectivity index (χ2n) is 6.09. The van der Waals surface area contributed by atoms with Crippen LogP contribution in [0.3, 0.4) is 0 Å². The van der Waals surface area contributed by atoms with Crippen LogP contribution in [0.4, 0.5) is 0 Å². The third-order valence-corrected chi connectivity index (χ3v) is 4.20. The lowest BCUT2D eigenvalue weighted by Gasteiger charge is -2.26. The molecule has 0 bridgehead atoms. The minimum absolute atomic E-state index is 0.420. The van der Waals surface area contributed by atoms with Crippen LogP contribution in [0, 0.1) is 19.8 Å². The highest BCUT2D eigenvalue weighted by atomic mass is 16.4. The first-order valence-corrected chi connectivity index (χ1v) is 7.77. The summed E-state index contributed by atoms with van der Waals surface area (Å²) < 4.78 is 1.89. The highest BCUT2D eigenvalue weighted by molar-refractivity contribution is 5.72. The van der Waals surface area contributed by atoms with Gasteiger partial charge in [0, 0.05) is 31.4 Å². The van der Waals surface area contributed by atoms with E-state index in [0.717, 1.165) is 23.5 Å². The van der Waals surface area contributed by atoms with Crippen molar-refractivity contribution in [2.75, 3.05) is 13.1 Å². The third-order valence-electron chi connectivity index (χ3n) is 4.20. The second-order valence-corrected chi connectivity index (χ2v) is 6.09. The maximum absolute atomic E-state index is 11.1. The van der Waals surface area contributed by atoms with Gasteiger partial charge in [-0.1, -0.05) is 29.8 Å². The van der Waals surface area contributed by atoms with Crippen molar-refractivity contribution < 1.29 is 9.90 Å². The van der Waals surface area contributed by atoms with Crippen molar-refractivity contribution in [1.29, 1.82) is 0 Å². The Kier molecular flexibility index (Phi) is 4.30. The minimum Gasteiger partial charge on any atom is -0.481 e. The number of benzene rings is 1. The van der Waals surface area contributed by atoms with Crippen LogP contribution in [-0.2, 0) is 11.3 Å². The minimum atomic E-state index is -0.766. The Morgan fingerprint density at radius 2 is 2.04 bits per heavy atom. The van der Waals surface area contributed by atoms with Crippen molar-refractivity contribution >= 4 is 5.97 Å². The summed E-state index contributed by atoms with van der Waals surface area (Å²) in [5.41, 5.74) is 4.36. The van der Waals surface area contributed by atoms with Crippen LogP contribution in [0.5, 0.6) is 0 Å². The van der Waals surface area contributed by atoms with Crippen LogP contribution < -0.4 is 0 Å². The summed E-state index contributed by atoms with van der Waals surface area (Å²) >= 11 is 0. The van der Waals surface area contributed by atoms with Crippen molar-refractivity contribution in [3.63, 3.8) is 0 Å². The summed E-state index contributed by atoms with van der Waals surface area (Å²) in [4.78, 5) is 13.3. The average molecular weight is 311 g/mol. The average Bonchev–Trinajstić information content (AvgIpc) is 2.89. The molecule has 1 N–H and O–H groups in total. The van der Waals surface area contributed by atoms with Crippen LogP contribution in [0.15, 0.2) is 42.6 Å². The highest BCUT2D eigenvalue weighted by Gasteiger charge is 2.22. The van der Waals surface area contributed by atoms with Crippen molar-refractivity contribution in [2.45, 2.75) is 20.4 Å². The van der Waals surface area contributed by atoms with E-state index in [2.05, 4.69) is 41.2 Å². The van der Waals surface area contributed by atoms with Crippen molar-refractivity contribution in [3.05, 3.63) is 59.4 Å². The van der Waals surface area contributed by atoms with Gasteiger partial charge in [-0.15, -0.1) is 0 Å². The Morgan fingerprint density at radius 1 is 1.30 bits per heavy atom. The van der Waals surface area contributed by atoms with Gasteiger partial charge in [-0.2, -0.15) is 5.10 Å². The summed E-state index contributed by atoms with van der Waals surface area (Å²) in [6.07, 6.45) is 5.75. The lowest BCUT2D eigenvalue weighted by atomic mass is 10.0. The summed E-state index contributed by atoms with van der Waals surface area (Å²) in [6, 6.07) is 8.24. The van der Waals surface area contributed by atoms with Gasteiger partial charge in [0.25, 0.3) is 0 Å². The molecule has 0 amide bonds. The topological polar surface area (TPSA) is 58.4 Å². The van der Waals surface area contributed by atoms with Crippen LogP contribution in [0.2, 0.25) is 0 Å². The van der Waals surface area contributed by atoms with Gasteiger partial charge in [0.05, 0.1) is 17.3 Å². The van der Waals surface area contributed by atoms with Crippen LogP contribution in [0.25, 0.3) is 5.69 Å².